The molecule has 0 saturated carbocycles. The van der Waals surface area contributed by atoms with Crippen molar-refractivity contribution < 1.29 is 9.47 Å². The van der Waals surface area contributed by atoms with Gasteiger partial charge in [-0.05, 0) is 36.1 Å². The molecule has 1 aliphatic rings. The molecule has 3 nitrogen and oxygen atoms in total. The van der Waals surface area contributed by atoms with E-state index < -0.39 is 0 Å². The fourth-order valence-electron chi connectivity index (χ4n) is 2.65. The maximum absolute atomic E-state index is 5.85. The van der Waals surface area contributed by atoms with Crippen LogP contribution < -0.4 is 10.5 Å². The molecule has 100 valence electrons. The van der Waals surface area contributed by atoms with Gasteiger partial charge < -0.3 is 15.2 Å². The van der Waals surface area contributed by atoms with E-state index in [2.05, 4.69) is 32.0 Å². The summed E-state index contributed by atoms with van der Waals surface area (Å²) in [7, 11) is 1.72. The van der Waals surface area contributed by atoms with Crippen molar-refractivity contribution in [3.8, 4) is 5.75 Å². The first-order valence-corrected chi connectivity index (χ1v) is 6.63. The predicted octanol–water partition coefficient (Wildman–Crippen LogP) is 2.12. The number of ether oxygens (including phenoxy) is 2. The SMILES string of the molecule is CCc1cc(C2(C(C)CN)COC2)ccc1OC. The van der Waals surface area contributed by atoms with Crippen molar-refractivity contribution in [2.75, 3.05) is 26.9 Å². The van der Waals surface area contributed by atoms with Crippen molar-refractivity contribution in [3.63, 3.8) is 0 Å². The van der Waals surface area contributed by atoms with Crippen molar-refractivity contribution in [1.29, 1.82) is 0 Å². The van der Waals surface area contributed by atoms with E-state index in [1.54, 1.807) is 7.11 Å². The first-order chi connectivity index (χ1) is 8.67. The largest absolute Gasteiger partial charge is 0.496 e. The highest BCUT2D eigenvalue weighted by Crippen LogP contribution is 2.40. The van der Waals surface area contributed by atoms with Gasteiger partial charge in [0.15, 0.2) is 0 Å². The summed E-state index contributed by atoms with van der Waals surface area (Å²) < 4.78 is 10.8. The molecule has 1 unspecified atom stereocenters. The van der Waals surface area contributed by atoms with Gasteiger partial charge in [-0.15, -0.1) is 0 Å². The number of aryl methyl sites for hydroxylation is 1. The van der Waals surface area contributed by atoms with Crippen molar-refractivity contribution in [1.82, 2.24) is 0 Å². The summed E-state index contributed by atoms with van der Waals surface area (Å²) in [5, 5.41) is 0. The summed E-state index contributed by atoms with van der Waals surface area (Å²) in [5.74, 6) is 1.40. The standard InChI is InChI=1S/C15H23NO2/c1-4-12-7-13(5-6-14(12)17-3)15(9-18-10-15)11(2)8-16/h5-7,11H,4,8-10,16H2,1-3H3. The molecule has 1 saturated heterocycles. The lowest BCUT2D eigenvalue weighted by Gasteiger charge is -2.46. The highest BCUT2D eigenvalue weighted by molar-refractivity contribution is 5.41. The van der Waals surface area contributed by atoms with E-state index in [1.165, 1.54) is 11.1 Å². The summed E-state index contributed by atoms with van der Waals surface area (Å²) >= 11 is 0. The fraction of sp³-hybridized carbons (Fsp3) is 0.600. The number of hydrogen-bond acceptors (Lipinski definition) is 3. The maximum atomic E-state index is 5.85. The summed E-state index contributed by atoms with van der Waals surface area (Å²) in [6, 6.07) is 6.48. The van der Waals surface area contributed by atoms with Crippen molar-refractivity contribution in [2.45, 2.75) is 25.7 Å². The molecule has 0 bridgehead atoms. The van der Waals surface area contributed by atoms with Gasteiger partial charge in [0, 0.05) is 5.41 Å². The van der Waals surface area contributed by atoms with Crippen LogP contribution in [0.3, 0.4) is 0 Å². The third-order valence-electron chi connectivity index (χ3n) is 4.25. The molecule has 2 N–H and O–H groups in total. The first-order valence-electron chi connectivity index (χ1n) is 6.63. The number of methoxy groups -OCH3 is 1. The molecule has 1 heterocycles. The predicted molar refractivity (Wildman–Crippen MR) is 73.1 cm³/mol. The van der Waals surface area contributed by atoms with Crippen LogP contribution in [0.2, 0.25) is 0 Å². The minimum absolute atomic E-state index is 0.102. The first kappa shape index (κ1) is 13.4. The van der Waals surface area contributed by atoms with Gasteiger partial charge in [-0.1, -0.05) is 26.0 Å². The second-order valence-electron chi connectivity index (χ2n) is 5.17. The number of rotatable bonds is 5. The van der Waals surface area contributed by atoms with Gasteiger partial charge in [0.25, 0.3) is 0 Å². The second kappa shape index (κ2) is 5.29. The Morgan fingerprint density at radius 2 is 2.17 bits per heavy atom. The van der Waals surface area contributed by atoms with E-state index in [0.717, 1.165) is 25.4 Å². The van der Waals surface area contributed by atoms with E-state index >= 15 is 0 Å². The molecule has 1 atom stereocenters. The molecule has 1 aliphatic heterocycles. The lowest BCUT2D eigenvalue weighted by molar-refractivity contribution is -0.0854. The van der Waals surface area contributed by atoms with Crippen LogP contribution in [0, 0.1) is 5.92 Å². The van der Waals surface area contributed by atoms with Gasteiger partial charge in [-0.25, -0.2) is 0 Å². The van der Waals surface area contributed by atoms with Crippen LogP contribution in [0.1, 0.15) is 25.0 Å². The zero-order chi connectivity index (χ0) is 13.2. The summed E-state index contributed by atoms with van der Waals surface area (Å²) in [5.41, 5.74) is 8.55. The van der Waals surface area contributed by atoms with Gasteiger partial charge in [0.1, 0.15) is 5.75 Å². The van der Waals surface area contributed by atoms with Crippen LogP contribution in [-0.2, 0) is 16.6 Å². The van der Waals surface area contributed by atoms with Crippen LogP contribution in [0.15, 0.2) is 18.2 Å². The van der Waals surface area contributed by atoms with Crippen molar-refractivity contribution in [3.05, 3.63) is 29.3 Å². The molecule has 1 fully saturated rings. The van der Waals surface area contributed by atoms with E-state index in [9.17, 15) is 0 Å². The minimum atomic E-state index is 0.102. The van der Waals surface area contributed by atoms with E-state index in [1.807, 2.05) is 0 Å². The zero-order valence-corrected chi connectivity index (χ0v) is 11.5. The monoisotopic (exact) mass is 249 g/mol. The van der Waals surface area contributed by atoms with Crippen LogP contribution in [0.25, 0.3) is 0 Å². The van der Waals surface area contributed by atoms with Crippen LogP contribution in [0.4, 0.5) is 0 Å². The Balaban J connectivity index is 2.37. The zero-order valence-electron chi connectivity index (χ0n) is 11.5. The Kier molecular flexibility index (Phi) is 3.93. The number of nitrogens with two attached hydrogens (primary N) is 1. The van der Waals surface area contributed by atoms with Gasteiger partial charge in [-0.2, -0.15) is 0 Å². The second-order valence-corrected chi connectivity index (χ2v) is 5.17. The lowest BCUT2D eigenvalue weighted by atomic mass is 9.69. The van der Waals surface area contributed by atoms with Gasteiger partial charge >= 0.3 is 0 Å². The Bertz CT molecular complexity index is 413. The quantitative estimate of drug-likeness (QED) is 0.869. The van der Waals surface area contributed by atoms with Crippen LogP contribution >= 0.6 is 0 Å². The van der Waals surface area contributed by atoms with E-state index in [4.69, 9.17) is 15.2 Å². The van der Waals surface area contributed by atoms with E-state index in [-0.39, 0.29) is 5.41 Å². The molecular formula is C15H23NO2. The Labute approximate surface area is 109 Å². The maximum Gasteiger partial charge on any atom is 0.122 e. The molecule has 2 rings (SSSR count). The highest BCUT2D eigenvalue weighted by Gasteiger charge is 2.44. The molecular weight excluding hydrogens is 226 g/mol. The molecule has 1 aromatic carbocycles. The van der Waals surface area contributed by atoms with Crippen molar-refractivity contribution >= 4 is 0 Å². The van der Waals surface area contributed by atoms with E-state index in [0.29, 0.717) is 12.5 Å². The third kappa shape index (κ3) is 2.02. The average molecular weight is 249 g/mol. The van der Waals surface area contributed by atoms with Gasteiger partial charge in [0.2, 0.25) is 0 Å². The van der Waals surface area contributed by atoms with Crippen molar-refractivity contribution in [2.24, 2.45) is 11.7 Å². The molecule has 0 radical (unpaired) electrons. The topological polar surface area (TPSA) is 44.5 Å². The fourth-order valence-corrected chi connectivity index (χ4v) is 2.65. The summed E-state index contributed by atoms with van der Waals surface area (Å²) in [6.07, 6.45) is 0.977. The molecule has 18 heavy (non-hydrogen) atoms. The Morgan fingerprint density at radius 1 is 1.44 bits per heavy atom. The van der Waals surface area contributed by atoms with Crippen LogP contribution in [0.5, 0.6) is 5.75 Å². The molecule has 0 aliphatic carbocycles. The minimum Gasteiger partial charge on any atom is -0.496 e. The van der Waals surface area contributed by atoms with Crippen LogP contribution in [-0.4, -0.2) is 26.9 Å². The molecule has 1 aromatic rings. The third-order valence-corrected chi connectivity index (χ3v) is 4.25. The highest BCUT2D eigenvalue weighted by atomic mass is 16.5. The van der Waals surface area contributed by atoms with Gasteiger partial charge in [-0.3, -0.25) is 0 Å². The normalized spacial score (nSPS) is 19.1. The smallest absolute Gasteiger partial charge is 0.122 e. The Hall–Kier alpha value is -1.06. The average Bonchev–Trinajstić information content (AvgIpc) is 2.36. The Morgan fingerprint density at radius 3 is 2.61 bits per heavy atom. The number of hydrogen-bond donors (Lipinski definition) is 1. The molecule has 3 heteroatoms. The molecule has 0 aromatic heterocycles. The molecule has 0 amide bonds. The molecule has 0 spiro atoms. The summed E-state index contributed by atoms with van der Waals surface area (Å²) in [4.78, 5) is 0. The summed E-state index contributed by atoms with van der Waals surface area (Å²) in [6.45, 7) is 6.61. The lowest BCUT2D eigenvalue weighted by Crippen LogP contribution is -2.53. The van der Waals surface area contributed by atoms with Gasteiger partial charge in [0.05, 0.1) is 20.3 Å². The number of benzene rings is 1.